The monoisotopic (exact) mass is 292 g/mol. The van der Waals surface area contributed by atoms with Crippen molar-refractivity contribution in [1.29, 1.82) is 0 Å². The van der Waals surface area contributed by atoms with E-state index in [9.17, 15) is 44.3 Å². The smallest absolute Gasteiger partial charge is 0.412 e. The topological polar surface area (TPSA) is 37.3 Å². The summed E-state index contributed by atoms with van der Waals surface area (Å²) in [5.41, 5.74) is -6.31. The van der Waals surface area contributed by atoms with Gasteiger partial charge in [0.25, 0.3) is 5.41 Å². The molecule has 0 bridgehead atoms. The second-order valence-electron chi connectivity index (χ2n) is 3.36. The van der Waals surface area contributed by atoms with Gasteiger partial charge in [0.15, 0.2) is 0 Å². The Hall–Kier alpha value is -1.16. The lowest BCUT2D eigenvalue weighted by Gasteiger charge is -2.40. The first-order chi connectivity index (χ1) is 7.60. The molecule has 0 aliphatic rings. The number of hydrogen-bond acceptors (Lipinski definition) is 1. The third kappa shape index (κ3) is 2.21. The van der Waals surface area contributed by atoms with Gasteiger partial charge in [0, 0.05) is 0 Å². The van der Waals surface area contributed by atoms with Gasteiger partial charge < -0.3 is 5.11 Å². The number of alkyl halides is 9. The van der Waals surface area contributed by atoms with Gasteiger partial charge in [-0.1, -0.05) is 6.92 Å². The van der Waals surface area contributed by atoms with Crippen LogP contribution in [0.2, 0.25) is 0 Å². The molecule has 1 unspecified atom stereocenters. The molecule has 0 rings (SSSR count). The summed E-state index contributed by atoms with van der Waals surface area (Å²) in [6.45, 7) is -0.295. The third-order valence-corrected chi connectivity index (χ3v) is 2.36. The van der Waals surface area contributed by atoms with Gasteiger partial charge in [-0.2, -0.15) is 39.5 Å². The van der Waals surface area contributed by atoms with Crippen LogP contribution in [0.1, 0.15) is 6.92 Å². The molecule has 0 aromatic carbocycles. The van der Waals surface area contributed by atoms with Gasteiger partial charge in [-0.25, -0.2) is 0 Å². The molecular formula is C7H5F9O2. The minimum atomic E-state index is -6.85. The second-order valence-corrected chi connectivity index (χ2v) is 3.36. The van der Waals surface area contributed by atoms with Crippen LogP contribution in [0.25, 0.3) is 0 Å². The van der Waals surface area contributed by atoms with Crippen LogP contribution in [0.5, 0.6) is 0 Å². The summed E-state index contributed by atoms with van der Waals surface area (Å²) >= 11 is 0. The van der Waals surface area contributed by atoms with Gasteiger partial charge in [-0.05, 0) is 0 Å². The molecule has 2 nitrogen and oxygen atoms in total. The summed E-state index contributed by atoms with van der Waals surface area (Å²) in [5, 5.41) is 8.11. The van der Waals surface area contributed by atoms with E-state index in [4.69, 9.17) is 5.11 Å². The minimum absolute atomic E-state index is 0.295. The molecule has 0 fully saturated rings. The van der Waals surface area contributed by atoms with E-state index in [1.165, 1.54) is 0 Å². The maximum absolute atomic E-state index is 12.3. The molecule has 0 saturated heterocycles. The first kappa shape index (κ1) is 16.8. The van der Waals surface area contributed by atoms with E-state index in [0.717, 1.165) is 0 Å². The Morgan fingerprint density at radius 1 is 0.833 bits per heavy atom. The minimum Gasteiger partial charge on any atom is -0.481 e. The molecule has 0 radical (unpaired) electrons. The zero-order valence-electron chi connectivity index (χ0n) is 8.33. The first-order valence-corrected chi connectivity index (χ1v) is 4.03. The third-order valence-electron chi connectivity index (χ3n) is 2.36. The average molecular weight is 292 g/mol. The molecule has 0 aromatic heterocycles. The lowest BCUT2D eigenvalue weighted by Crippen LogP contribution is -2.64. The lowest BCUT2D eigenvalue weighted by atomic mass is 9.73. The van der Waals surface area contributed by atoms with Crippen molar-refractivity contribution in [3.8, 4) is 0 Å². The maximum Gasteiger partial charge on any atom is 0.412 e. The van der Waals surface area contributed by atoms with Crippen molar-refractivity contribution in [3.05, 3.63) is 0 Å². The Morgan fingerprint density at radius 2 is 1.06 bits per heavy atom. The highest BCUT2D eigenvalue weighted by atomic mass is 19.4. The van der Waals surface area contributed by atoms with Crippen LogP contribution in [0.3, 0.4) is 0 Å². The summed E-state index contributed by atoms with van der Waals surface area (Å²) in [7, 11) is 0. The molecule has 0 amide bonds. The average Bonchev–Trinajstić information content (AvgIpc) is 1.94. The zero-order chi connectivity index (χ0) is 15.2. The Bertz CT molecular complexity index is 287. The normalized spacial score (nSPS) is 16.6. The SMILES string of the molecule is CC(C(=O)O)C(C(F)(F)F)(C(F)(F)F)C(F)(F)F. The molecule has 108 valence electrons. The van der Waals surface area contributed by atoms with Gasteiger partial charge in [-0.3, -0.25) is 4.79 Å². The molecule has 1 atom stereocenters. The van der Waals surface area contributed by atoms with Crippen LogP contribution in [0.4, 0.5) is 39.5 Å². The van der Waals surface area contributed by atoms with Crippen LogP contribution < -0.4 is 0 Å². The van der Waals surface area contributed by atoms with E-state index >= 15 is 0 Å². The Balaban J connectivity index is 6.36. The number of hydrogen-bond donors (Lipinski definition) is 1. The Labute approximate surface area is 93.4 Å². The van der Waals surface area contributed by atoms with Gasteiger partial charge >= 0.3 is 24.5 Å². The maximum atomic E-state index is 12.3. The highest BCUT2D eigenvalue weighted by molar-refractivity contribution is 5.71. The van der Waals surface area contributed by atoms with Crippen molar-refractivity contribution < 1.29 is 49.4 Å². The fourth-order valence-electron chi connectivity index (χ4n) is 1.40. The molecule has 18 heavy (non-hydrogen) atoms. The fraction of sp³-hybridized carbons (Fsp3) is 0.857. The summed E-state index contributed by atoms with van der Waals surface area (Å²) in [5.74, 6) is -6.63. The summed E-state index contributed by atoms with van der Waals surface area (Å²) in [6, 6.07) is 0. The Kier molecular flexibility index (Phi) is 3.92. The highest BCUT2D eigenvalue weighted by Gasteiger charge is 2.86. The van der Waals surface area contributed by atoms with Crippen molar-refractivity contribution in [2.24, 2.45) is 11.3 Å². The zero-order valence-corrected chi connectivity index (χ0v) is 8.33. The van der Waals surface area contributed by atoms with Crippen LogP contribution in [0.15, 0.2) is 0 Å². The second kappa shape index (κ2) is 4.19. The van der Waals surface area contributed by atoms with E-state index in [1.807, 2.05) is 0 Å². The van der Waals surface area contributed by atoms with E-state index in [2.05, 4.69) is 0 Å². The van der Waals surface area contributed by atoms with Gasteiger partial charge in [0.2, 0.25) is 0 Å². The number of carboxylic acids is 1. The van der Waals surface area contributed by atoms with E-state index in [1.54, 1.807) is 0 Å². The molecule has 0 aliphatic heterocycles. The fourth-order valence-corrected chi connectivity index (χ4v) is 1.40. The highest BCUT2D eigenvalue weighted by Crippen LogP contribution is 2.63. The van der Waals surface area contributed by atoms with Crippen molar-refractivity contribution in [2.45, 2.75) is 25.5 Å². The number of aliphatic carboxylic acids is 1. The van der Waals surface area contributed by atoms with E-state index in [0.29, 0.717) is 0 Å². The van der Waals surface area contributed by atoms with E-state index < -0.39 is 35.8 Å². The molecule has 1 N–H and O–H groups in total. The summed E-state index contributed by atoms with van der Waals surface area (Å²) in [6.07, 6.45) is -20.5. The lowest BCUT2D eigenvalue weighted by molar-refractivity contribution is -0.438. The Morgan fingerprint density at radius 3 is 1.11 bits per heavy atom. The van der Waals surface area contributed by atoms with Crippen molar-refractivity contribution >= 4 is 5.97 Å². The van der Waals surface area contributed by atoms with Crippen LogP contribution >= 0.6 is 0 Å². The molecular weight excluding hydrogens is 287 g/mol. The molecule has 0 saturated carbocycles. The van der Waals surface area contributed by atoms with E-state index in [-0.39, 0.29) is 6.92 Å². The quantitative estimate of drug-likeness (QED) is 0.792. The summed E-state index contributed by atoms with van der Waals surface area (Å²) in [4.78, 5) is 10.2. The van der Waals surface area contributed by atoms with Crippen LogP contribution in [-0.4, -0.2) is 29.6 Å². The number of rotatable bonds is 2. The largest absolute Gasteiger partial charge is 0.481 e. The molecule has 0 aliphatic carbocycles. The molecule has 0 heterocycles. The van der Waals surface area contributed by atoms with Crippen molar-refractivity contribution in [3.63, 3.8) is 0 Å². The molecule has 0 aromatic rings. The number of carboxylic acid groups (broad SMARTS) is 1. The van der Waals surface area contributed by atoms with Gasteiger partial charge in [0.05, 0.1) is 5.92 Å². The number of halogens is 9. The van der Waals surface area contributed by atoms with Crippen LogP contribution in [0, 0.1) is 11.3 Å². The predicted molar refractivity (Wildman–Crippen MR) is 37.4 cm³/mol. The van der Waals surface area contributed by atoms with Gasteiger partial charge in [-0.15, -0.1) is 0 Å². The van der Waals surface area contributed by atoms with Crippen molar-refractivity contribution in [2.75, 3.05) is 0 Å². The first-order valence-electron chi connectivity index (χ1n) is 4.03. The van der Waals surface area contributed by atoms with Crippen molar-refractivity contribution in [1.82, 2.24) is 0 Å². The van der Waals surface area contributed by atoms with Crippen LogP contribution in [-0.2, 0) is 4.79 Å². The standard InChI is InChI=1S/C7H5F9O2/c1-2(3(17)18)4(5(8,9)10,6(11,12)13)7(14,15)16/h2H,1H3,(H,17,18). The molecule has 11 heteroatoms. The number of carbonyl (C=O) groups is 1. The predicted octanol–water partition coefficient (Wildman–Crippen LogP) is 3.38. The molecule has 0 spiro atoms. The van der Waals surface area contributed by atoms with Gasteiger partial charge in [0.1, 0.15) is 0 Å². The summed E-state index contributed by atoms with van der Waals surface area (Å²) < 4.78 is 110.